The Bertz CT molecular complexity index is 497. The highest BCUT2D eigenvalue weighted by Crippen LogP contribution is 2.48. The van der Waals surface area contributed by atoms with E-state index in [-0.39, 0.29) is 11.8 Å². The second-order valence-corrected chi connectivity index (χ2v) is 4.91. The normalized spacial score (nSPS) is 23.8. The molecule has 0 bridgehead atoms. The predicted molar refractivity (Wildman–Crippen MR) is 56.5 cm³/mol. The van der Waals surface area contributed by atoms with Crippen LogP contribution in [0.1, 0.15) is 17.9 Å². The fraction of sp³-hybridized carbons (Fsp3) is 0.300. The van der Waals surface area contributed by atoms with Gasteiger partial charge in [0.05, 0.1) is 5.92 Å². The van der Waals surface area contributed by atoms with Crippen LogP contribution in [-0.4, -0.2) is 14.4 Å². The van der Waals surface area contributed by atoms with E-state index in [1.807, 2.05) is 30.3 Å². The van der Waals surface area contributed by atoms with Gasteiger partial charge in [0.1, 0.15) is 0 Å². The molecule has 1 fully saturated rings. The van der Waals surface area contributed by atoms with Crippen LogP contribution in [0.2, 0.25) is 0 Å². The summed E-state index contributed by atoms with van der Waals surface area (Å²) in [6.07, 6.45) is 0.609. The second kappa shape index (κ2) is 3.88. The van der Waals surface area contributed by atoms with Gasteiger partial charge in [0, 0.05) is 0 Å². The topological polar surface area (TPSA) is 86.5 Å². The second-order valence-electron chi connectivity index (χ2n) is 3.75. The van der Waals surface area contributed by atoms with Crippen LogP contribution >= 0.6 is 0 Å². The smallest absolute Gasteiger partial charge is 0.334 e. The van der Waals surface area contributed by atoms with Gasteiger partial charge in [0.15, 0.2) is 0 Å². The predicted octanol–water partition coefficient (Wildman–Crippen LogP) is 0.537. The van der Waals surface area contributed by atoms with Crippen molar-refractivity contribution in [3.63, 3.8) is 0 Å². The molecule has 0 radical (unpaired) electrons. The van der Waals surface area contributed by atoms with Crippen LogP contribution in [0.5, 0.6) is 0 Å². The highest BCUT2D eigenvalue weighted by Gasteiger charge is 2.46. The Balaban J connectivity index is 2.00. The molecule has 0 spiro atoms. The lowest BCUT2D eigenvalue weighted by Gasteiger charge is -2.00. The first-order chi connectivity index (χ1) is 7.47. The summed E-state index contributed by atoms with van der Waals surface area (Å²) < 4.78 is 25.2. The molecule has 2 N–H and O–H groups in total. The number of nitrogens with two attached hydrogens (primary N) is 1. The van der Waals surface area contributed by atoms with E-state index in [4.69, 9.17) is 0 Å². The third-order valence-electron chi connectivity index (χ3n) is 2.52. The molecule has 0 amide bonds. The van der Waals surface area contributed by atoms with Crippen molar-refractivity contribution in [1.29, 1.82) is 0 Å². The highest BCUT2D eigenvalue weighted by atomic mass is 32.2. The maximum absolute atomic E-state index is 11.3. The number of hydrogen-bond acceptors (Lipinski definition) is 4. The van der Waals surface area contributed by atoms with Crippen molar-refractivity contribution in [1.82, 2.24) is 0 Å². The molecule has 16 heavy (non-hydrogen) atoms. The molecule has 1 saturated carbocycles. The largest absolute Gasteiger partial charge is 0.382 e. The zero-order chi connectivity index (χ0) is 11.8. The molecule has 1 aliphatic rings. The SMILES string of the molecule is NS(=O)(=O)OC(=O)[C@@H]1C[C@H]1c1ccccc1. The maximum atomic E-state index is 11.3. The fourth-order valence-electron chi connectivity index (χ4n) is 1.70. The van der Waals surface area contributed by atoms with Crippen molar-refractivity contribution < 1.29 is 17.4 Å². The number of rotatable bonds is 3. The summed E-state index contributed by atoms with van der Waals surface area (Å²) in [6.45, 7) is 0. The summed E-state index contributed by atoms with van der Waals surface area (Å²) in [5, 5.41) is 4.62. The fourth-order valence-corrected chi connectivity index (χ4v) is 2.05. The highest BCUT2D eigenvalue weighted by molar-refractivity contribution is 7.84. The quantitative estimate of drug-likeness (QED) is 0.836. The van der Waals surface area contributed by atoms with E-state index >= 15 is 0 Å². The van der Waals surface area contributed by atoms with Gasteiger partial charge in [-0.25, -0.2) is 0 Å². The lowest BCUT2D eigenvalue weighted by Crippen LogP contribution is -2.21. The Morgan fingerprint density at radius 1 is 1.31 bits per heavy atom. The number of hydrogen-bond donors (Lipinski definition) is 1. The zero-order valence-electron chi connectivity index (χ0n) is 8.37. The van der Waals surface area contributed by atoms with Crippen LogP contribution in [0.15, 0.2) is 30.3 Å². The molecule has 0 heterocycles. The average Bonchev–Trinajstić information content (AvgIpc) is 2.96. The molecule has 86 valence electrons. The summed E-state index contributed by atoms with van der Waals surface area (Å²) in [5.41, 5.74) is 1.01. The van der Waals surface area contributed by atoms with E-state index in [1.165, 1.54) is 0 Å². The van der Waals surface area contributed by atoms with E-state index in [2.05, 4.69) is 9.32 Å². The summed E-state index contributed by atoms with van der Waals surface area (Å²) >= 11 is 0. The maximum Gasteiger partial charge on any atom is 0.382 e. The number of benzene rings is 1. The minimum atomic E-state index is -4.18. The van der Waals surface area contributed by atoms with Crippen molar-refractivity contribution in [2.24, 2.45) is 11.1 Å². The van der Waals surface area contributed by atoms with Crippen molar-refractivity contribution in [2.45, 2.75) is 12.3 Å². The summed E-state index contributed by atoms with van der Waals surface area (Å²) in [7, 11) is -4.18. The van der Waals surface area contributed by atoms with Crippen LogP contribution in [0.4, 0.5) is 0 Å². The first kappa shape index (κ1) is 11.1. The molecule has 0 unspecified atom stereocenters. The van der Waals surface area contributed by atoms with Gasteiger partial charge in [-0.1, -0.05) is 30.3 Å². The first-order valence-corrected chi connectivity index (χ1v) is 6.25. The van der Waals surface area contributed by atoms with E-state index in [9.17, 15) is 13.2 Å². The minimum Gasteiger partial charge on any atom is -0.334 e. The van der Waals surface area contributed by atoms with E-state index < -0.39 is 16.3 Å². The lowest BCUT2D eigenvalue weighted by molar-refractivity contribution is -0.135. The first-order valence-electron chi connectivity index (χ1n) is 4.78. The van der Waals surface area contributed by atoms with Crippen LogP contribution < -0.4 is 5.14 Å². The monoisotopic (exact) mass is 241 g/mol. The molecule has 2 atom stereocenters. The van der Waals surface area contributed by atoms with E-state index in [0.717, 1.165) is 5.56 Å². The summed E-state index contributed by atoms with van der Waals surface area (Å²) in [5.74, 6) is -1.10. The lowest BCUT2D eigenvalue weighted by atomic mass is 10.1. The Morgan fingerprint density at radius 3 is 2.50 bits per heavy atom. The Morgan fingerprint density at radius 2 is 1.94 bits per heavy atom. The summed E-state index contributed by atoms with van der Waals surface area (Å²) in [6, 6.07) is 9.42. The summed E-state index contributed by atoms with van der Waals surface area (Å²) in [4.78, 5) is 11.3. The van der Waals surface area contributed by atoms with Gasteiger partial charge in [-0.3, -0.25) is 4.79 Å². The number of carbonyl (C=O) groups excluding carboxylic acids is 1. The average molecular weight is 241 g/mol. The molecular formula is C10H11NO4S. The molecule has 0 aliphatic heterocycles. The van der Waals surface area contributed by atoms with E-state index in [1.54, 1.807) is 0 Å². The minimum absolute atomic E-state index is 0.0513. The zero-order valence-corrected chi connectivity index (χ0v) is 9.18. The number of carbonyl (C=O) groups is 1. The van der Waals surface area contributed by atoms with Crippen molar-refractivity contribution in [3.05, 3.63) is 35.9 Å². The van der Waals surface area contributed by atoms with Gasteiger partial charge in [0.2, 0.25) is 0 Å². The molecule has 1 aliphatic carbocycles. The Kier molecular flexibility index (Phi) is 2.69. The van der Waals surface area contributed by atoms with Gasteiger partial charge >= 0.3 is 16.3 Å². The molecule has 2 rings (SSSR count). The van der Waals surface area contributed by atoms with Crippen LogP contribution in [0.3, 0.4) is 0 Å². The van der Waals surface area contributed by atoms with Crippen molar-refractivity contribution in [3.8, 4) is 0 Å². The molecule has 1 aromatic rings. The molecule has 1 aromatic carbocycles. The van der Waals surface area contributed by atoms with Crippen molar-refractivity contribution in [2.75, 3.05) is 0 Å². The molecule has 6 heteroatoms. The molecule has 0 aromatic heterocycles. The molecular weight excluding hydrogens is 230 g/mol. The van der Waals surface area contributed by atoms with Crippen LogP contribution in [-0.2, 0) is 19.3 Å². The third kappa shape index (κ3) is 2.59. The standard InChI is InChI=1S/C10H11NO4S/c11-16(13,14)15-10(12)9-6-8(9)7-4-2-1-3-5-7/h1-5,8-9H,6H2,(H2,11,13,14)/t8-,9+/m0/s1. The van der Waals surface area contributed by atoms with Gasteiger partial charge in [-0.15, -0.1) is 0 Å². The molecule has 0 saturated heterocycles. The Labute approximate surface area is 93.5 Å². The van der Waals surface area contributed by atoms with Crippen LogP contribution in [0, 0.1) is 5.92 Å². The van der Waals surface area contributed by atoms with Crippen LogP contribution in [0.25, 0.3) is 0 Å². The van der Waals surface area contributed by atoms with Gasteiger partial charge in [-0.2, -0.15) is 13.6 Å². The van der Waals surface area contributed by atoms with E-state index in [0.29, 0.717) is 6.42 Å². The van der Waals surface area contributed by atoms with Gasteiger partial charge in [-0.05, 0) is 17.9 Å². The Hall–Kier alpha value is -1.40. The van der Waals surface area contributed by atoms with Crippen molar-refractivity contribution >= 4 is 16.3 Å². The van der Waals surface area contributed by atoms with Gasteiger partial charge < -0.3 is 4.18 Å². The molecule has 5 nitrogen and oxygen atoms in total. The third-order valence-corrected chi connectivity index (χ3v) is 2.92. The van der Waals surface area contributed by atoms with Gasteiger partial charge in [0.25, 0.3) is 0 Å².